The quantitative estimate of drug-likeness (QED) is 0.159. The van der Waals surface area contributed by atoms with Crippen molar-refractivity contribution in [3.63, 3.8) is 0 Å². The van der Waals surface area contributed by atoms with Gasteiger partial charge in [0.15, 0.2) is 0 Å². The number of aliphatic hydroxyl groups excluding tert-OH is 1. The molecule has 9 nitrogen and oxygen atoms in total. The standard InChI is InChI=1S/C18H25N3O3.C13H11NO2/c22-15-3-1-13(14-2-4-17(24)21-18(14)15)16(23)11-20-10-7-12-5-8-19-9-6-12;15-13(16)14-12-9-5-4-8-11(12)10-6-2-1-3-7-10/h1-4,12,16,19-20,22-23H,5-11H2,(H,21,24);1-9,14H,(H,15,16)/t16-;/m0./s1. The number of aromatic nitrogens is 1. The molecule has 1 fully saturated rings. The van der Waals surface area contributed by atoms with E-state index in [1.165, 1.54) is 25.0 Å². The Balaban J connectivity index is 0.000000201. The van der Waals surface area contributed by atoms with Crippen molar-refractivity contribution < 1.29 is 20.1 Å². The van der Waals surface area contributed by atoms with Gasteiger partial charge in [0.2, 0.25) is 5.56 Å². The summed E-state index contributed by atoms with van der Waals surface area (Å²) >= 11 is 0. The fourth-order valence-corrected chi connectivity index (χ4v) is 4.95. The number of aromatic amines is 1. The van der Waals surface area contributed by atoms with Gasteiger partial charge in [0.25, 0.3) is 0 Å². The lowest BCUT2D eigenvalue weighted by molar-refractivity contribution is 0.175. The summed E-state index contributed by atoms with van der Waals surface area (Å²) < 4.78 is 0. The maximum absolute atomic E-state index is 11.4. The van der Waals surface area contributed by atoms with Crippen LogP contribution < -0.4 is 21.5 Å². The molecule has 1 atom stereocenters. The molecule has 4 aromatic rings. The topological polar surface area (TPSA) is 147 Å². The third kappa shape index (κ3) is 7.92. The van der Waals surface area contributed by atoms with E-state index in [0.29, 0.717) is 28.7 Å². The molecule has 7 N–H and O–H groups in total. The van der Waals surface area contributed by atoms with Crippen LogP contribution in [0.1, 0.15) is 30.9 Å². The van der Waals surface area contributed by atoms with Crippen molar-refractivity contribution in [2.45, 2.75) is 25.4 Å². The van der Waals surface area contributed by atoms with Crippen molar-refractivity contribution in [3.8, 4) is 16.9 Å². The first-order valence-corrected chi connectivity index (χ1v) is 13.5. The lowest BCUT2D eigenvalue weighted by atomic mass is 9.95. The largest absolute Gasteiger partial charge is 0.506 e. The molecule has 9 heteroatoms. The third-order valence-electron chi connectivity index (χ3n) is 7.05. The van der Waals surface area contributed by atoms with Gasteiger partial charge in [0.05, 0.1) is 17.3 Å². The SMILES string of the molecule is O=C(O)Nc1ccccc1-c1ccccc1.O=c1ccc2c([C@@H](O)CNCCC3CCNCC3)ccc(O)c2[nH]1. The zero-order chi connectivity index (χ0) is 28.3. The Kier molecular flexibility index (Phi) is 10.3. The highest BCUT2D eigenvalue weighted by Gasteiger charge is 2.15. The fraction of sp³-hybridized carbons (Fsp3) is 0.290. The Bertz CT molecular complexity index is 1450. The Morgan fingerprint density at radius 2 is 1.68 bits per heavy atom. The normalized spacial score (nSPS) is 14.2. The maximum Gasteiger partial charge on any atom is 0.409 e. The van der Waals surface area contributed by atoms with E-state index < -0.39 is 12.2 Å². The molecule has 40 heavy (non-hydrogen) atoms. The van der Waals surface area contributed by atoms with E-state index in [2.05, 4.69) is 20.9 Å². The number of rotatable bonds is 8. The van der Waals surface area contributed by atoms with Gasteiger partial charge < -0.3 is 30.9 Å². The first-order valence-electron chi connectivity index (χ1n) is 13.5. The number of phenols is 1. The first kappa shape index (κ1) is 28.8. The number of amides is 1. The van der Waals surface area contributed by atoms with E-state index in [0.717, 1.165) is 43.1 Å². The van der Waals surface area contributed by atoms with Crippen LogP contribution >= 0.6 is 0 Å². The van der Waals surface area contributed by atoms with Crippen LogP contribution in [-0.2, 0) is 0 Å². The maximum atomic E-state index is 11.4. The summed E-state index contributed by atoms with van der Waals surface area (Å²) in [4.78, 5) is 24.7. The molecule has 3 aromatic carbocycles. The number of para-hydroxylation sites is 1. The van der Waals surface area contributed by atoms with Gasteiger partial charge in [-0.05, 0) is 74.1 Å². The Morgan fingerprint density at radius 3 is 2.42 bits per heavy atom. The smallest absolute Gasteiger partial charge is 0.409 e. The average molecular weight is 545 g/mol. The molecule has 1 aliphatic rings. The van der Waals surface area contributed by atoms with E-state index in [4.69, 9.17) is 5.11 Å². The molecule has 1 aliphatic heterocycles. The van der Waals surface area contributed by atoms with Crippen molar-refractivity contribution in [3.05, 3.63) is 94.8 Å². The number of anilines is 1. The highest BCUT2D eigenvalue weighted by atomic mass is 16.4. The minimum Gasteiger partial charge on any atom is -0.506 e. The molecule has 0 saturated carbocycles. The zero-order valence-electron chi connectivity index (χ0n) is 22.3. The number of phenolic OH excluding ortho intramolecular Hbond substituents is 1. The van der Waals surface area contributed by atoms with Crippen molar-refractivity contribution >= 4 is 22.7 Å². The summed E-state index contributed by atoms with van der Waals surface area (Å²) in [6.45, 7) is 3.54. The summed E-state index contributed by atoms with van der Waals surface area (Å²) in [5, 5.41) is 38.8. The minimum absolute atomic E-state index is 0.0116. The second kappa shape index (κ2) is 14.3. The summed E-state index contributed by atoms with van der Waals surface area (Å²) in [6.07, 6.45) is 1.83. The van der Waals surface area contributed by atoms with Gasteiger partial charge in [0, 0.05) is 23.6 Å². The molecule has 0 radical (unpaired) electrons. The highest BCUT2D eigenvalue weighted by Crippen LogP contribution is 2.29. The van der Waals surface area contributed by atoms with Crippen molar-refractivity contribution in [2.75, 3.05) is 31.5 Å². The van der Waals surface area contributed by atoms with Crippen molar-refractivity contribution in [1.29, 1.82) is 0 Å². The van der Waals surface area contributed by atoms with E-state index in [1.54, 1.807) is 24.3 Å². The molecule has 1 aromatic heterocycles. The van der Waals surface area contributed by atoms with Gasteiger partial charge in [-0.3, -0.25) is 10.1 Å². The third-order valence-corrected chi connectivity index (χ3v) is 7.05. The van der Waals surface area contributed by atoms with Crippen LogP contribution in [0.15, 0.2) is 83.7 Å². The van der Waals surface area contributed by atoms with Crippen molar-refractivity contribution in [2.24, 2.45) is 5.92 Å². The summed E-state index contributed by atoms with van der Waals surface area (Å²) in [5.41, 5.74) is 3.27. The van der Waals surface area contributed by atoms with E-state index >= 15 is 0 Å². The van der Waals surface area contributed by atoms with Gasteiger partial charge in [-0.25, -0.2) is 4.79 Å². The molecule has 5 rings (SSSR count). The molecule has 0 unspecified atom stereocenters. The number of aromatic hydroxyl groups is 1. The van der Waals surface area contributed by atoms with Crippen LogP contribution in [-0.4, -0.2) is 52.6 Å². The molecular weight excluding hydrogens is 508 g/mol. The Labute approximate surface area is 232 Å². The lowest BCUT2D eigenvalue weighted by Gasteiger charge is -2.23. The molecule has 1 amide bonds. The number of hydrogen-bond donors (Lipinski definition) is 7. The monoisotopic (exact) mass is 544 g/mol. The number of H-pyrrole nitrogens is 1. The number of pyridine rings is 1. The molecular formula is C31H36N4O5. The van der Waals surface area contributed by atoms with Crippen LogP contribution in [0.3, 0.4) is 0 Å². The predicted octanol–water partition coefficient (Wildman–Crippen LogP) is 4.69. The van der Waals surface area contributed by atoms with Gasteiger partial charge in [-0.1, -0.05) is 54.6 Å². The lowest BCUT2D eigenvalue weighted by Crippen LogP contribution is -2.30. The minimum atomic E-state index is -1.05. The van der Waals surface area contributed by atoms with Gasteiger partial charge >= 0.3 is 6.09 Å². The zero-order valence-corrected chi connectivity index (χ0v) is 22.3. The van der Waals surface area contributed by atoms with E-state index in [9.17, 15) is 19.8 Å². The summed E-state index contributed by atoms with van der Waals surface area (Å²) in [7, 11) is 0. The number of aliphatic hydroxyl groups is 1. The predicted molar refractivity (Wildman–Crippen MR) is 158 cm³/mol. The van der Waals surface area contributed by atoms with Crippen LogP contribution in [0.25, 0.3) is 22.0 Å². The Hall–Kier alpha value is -4.18. The number of fused-ring (bicyclic) bond motifs is 1. The van der Waals surface area contributed by atoms with Gasteiger partial charge in [-0.15, -0.1) is 0 Å². The molecule has 0 bridgehead atoms. The number of carbonyl (C=O) groups is 1. The molecule has 0 aliphatic carbocycles. The van der Waals surface area contributed by atoms with Gasteiger partial charge in [0.1, 0.15) is 5.75 Å². The Morgan fingerprint density at radius 1 is 0.950 bits per heavy atom. The summed E-state index contributed by atoms with van der Waals surface area (Å²) in [5.74, 6) is 0.771. The average Bonchev–Trinajstić information content (AvgIpc) is 2.97. The van der Waals surface area contributed by atoms with E-state index in [1.807, 2.05) is 42.5 Å². The number of hydrogen-bond acceptors (Lipinski definition) is 6. The molecule has 1 saturated heterocycles. The second-order valence-corrected chi connectivity index (χ2v) is 9.83. The fourth-order valence-electron chi connectivity index (χ4n) is 4.95. The first-order chi connectivity index (χ1) is 19.4. The van der Waals surface area contributed by atoms with Crippen molar-refractivity contribution in [1.82, 2.24) is 15.6 Å². The van der Waals surface area contributed by atoms with Crippen LogP contribution in [0.5, 0.6) is 5.75 Å². The number of carboxylic acid groups (broad SMARTS) is 1. The summed E-state index contributed by atoms with van der Waals surface area (Å²) in [6, 6.07) is 23.2. The van der Waals surface area contributed by atoms with Crippen LogP contribution in [0, 0.1) is 5.92 Å². The van der Waals surface area contributed by atoms with Gasteiger partial charge in [-0.2, -0.15) is 0 Å². The van der Waals surface area contributed by atoms with E-state index in [-0.39, 0.29) is 11.3 Å². The number of nitrogens with one attached hydrogen (secondary N) is 4. The molecule has 2 heterocycles. The molecule has 0 spiro atoms. The van der Waals surface area contributed by atoms with Crippen LogP contribution in [0.4, 0.5) is 10.5 Å². The van der Waals surface area contributed by atoms with Crippen LogP contribution in [0.2, 0.25) is 0 Å². The number of piperidine rings is 1. The molecule has 210 valence electrons. The second-order valence-electron chi connectivity index (χ2n) is 9.83. The number of benzene rings is 3. The highest BCUT2D eigenvalue weighted by molar-refractivity contribution is 5.90.